The molecule has 1 aliphatic heterocycles. The molecule has 3 rings (SSSR count). The highest BCUT2D eigenvalue weighted by Gasteiger charge is 2.27. The number of hydrogen-bond acceptors (Lipinski definition) is 5. The summed E-state index contributed by atoms with van der Waals surface area (Å²) in [5, 5.41) is 2.82. The van der Waals surface area contributed by atoms with Crippen molar-refractivity contribution in [2.45, 2.75) is 57.9 Å². The van der Waals surface area contributed by atoms with Gasteiger partial charge in [0.2, 0.25) is 15.9 Å². The lowest BCUT2D eigenvalue weighted by Crippen LogP contribution is -2.44. The van der Waals surface area contributed by atoms with E-state index in [9.17, 15) is 13.2 Å². The van der Waals surface area contributed by atoms with Gasteiger partial charge in [0.25, 0.3) is 0 Å². The predicted octanol–water partition coefficient (Wildman–Crippen LogP) is 3.96. The number of aryl methyl sites for hydroxylation is 1. The summed E-state index contributed by atoms with van der Waals surface area (Å²) in [7, 11) is -3.82. The number of piperidine rings is 1. The van der Waals surface area contributed by atoms with Crippen LogP contribution in [0.4, 0.5) is 11.5 Å². The molecule has 32 heavy (non-hydrogen) atoms. The minimum Gasteiger partial charge on any atom is -0.357 e. The molecule has 2 aromatic rings. The van der Waals surface area contributed by atoms with E-state index in [-0.39, 0.29) is 10.8 Å². The van der Waals surface area contributed by atoms with Crippen LogP contribution in [0.3, 0.4) is 0 Å². The van der Waals surface area contributed by atoms with Crippen LogP contribution in [0.15, 0.2) is 47.5 Å². The summed E-state index contributed by atoms with van der Waals surface area (Å²) in [4.78, 5) is 19.9. The largest absolute Gasteiger partial charge is 0.357 e. The van der Waals surface area contributed by atoms with Gasteiger partial charge in [-0.05, 0) is 62.3 Å². The lowest BCUT2D eigenvalue weighted by molar-refractivity contribution is -0.118. The third-order valence-corrected chi connectivity index (χ3v) is 7.26. The molecule has 0 bridgehead atoms. The van der Waals surface area contributed by atoms with E-state index in [2.05, 4.69) is 26.8 Å². The predicted molar refractivity (Wildman–Crippen MR) is 128 cm³/mol. The Labute approximate surface area is 191 Å². The molecule has 174 valence electrons. The molecule has 0 spiro atoms. The second kappa shape index (κ2) is 10.4. The van der Waals surface area contributed by atoms with Crippen molar-refractivity contribution in [2.75, 3.05) is 23.3 Å². The average molecular weight is 459 g/mol. The monoisotopic (exact) mass is 458 g/mol. The van der Waals surface area contributed by atoms with Crippen LogP contribution in [0, 0.1) is 18.8 Å². The van der Waals surface area contributed by atoms with E-state index in [4.69, 9.17) is 0 Å². The molecule has 1 atom stereocenters. The van der Waals surface area contributed by atoms with E-state index in [0.717, 1.165) is 43.2 Å². The molecular weight excluding hydrogens is 424 g/mol. The fraction of sp³-hybridized carbons (Fsp3) is 0.500. The Hall–Kier alpha value is -2.45. The Morgan fingerprint density at radius 1 is 1.12 bits per heavy atom. The summed E-state index contributed by atoms with van der Waals surface area (Å²) < 4.78 is 28.2. The molecule has 0 unspecified atom stereocenters. The second-order valence-corrected chi connectivity index (χ2v) is 10.9. The molecule has 1 aromatic heterocycles. The van der Waals surface area contributed by atoms with Gasteiger partial charge < -0.3 is 10.2 Å². The van der Waals surface area contributed by atoms with Gasteiger partial charge >= 0.3 is 0 Å². The zero-order valence-electron chi connectivity index (χ0n) is 19.3. The molecule has 1 amide bonds. The number of carbonyl (C=O) groups is 1. The third kappa shape index (κ3) is 6.53. The van der Waals surface area contributed by atoms with E-state index in [1.807, 2.05) is 32.9 Å². The first-order chi connectivity index (χ1) is 15.1. The van der Waals surface area contributed by atoms with Crippen molar-refractivity contribution < 1.29 is 13.2 Å². The molecule has 0 saturated carbocycles. The maximum Gasteiger partial charge on any atom is 0.242 e. The number of aromatic nitrogens is 1. The van der Waals surface area contributed by atoms with Gasteiger partial charge in [-0.2, -0.15) is 4.72 Å². The van der Waals surface area contributed by atoms with Crippen molar-refractivity contribution >= 4 is 27.4 Å². The Kier molecular flexibility index (Phi) is 7.90. The molecule has 1 saturated heterocycles. The van der Waals surface area contributed by atoms with E-state index in [0.29, 0.717) is 12.1 Å². The maximum atomic E-state index is 13.0. The van der Waals surface area contributed by atoms with Gasteiger partial charge in [-0.3, -0.25) is 4.79 Å². The quantitative estimate of drug-likeness (QED) is 0.625. The van der Waals surface area contributed by atoms with Gasteiger partial charge in [0.05, 0.1) is 16.8 Å². The summed E-state index contributed by atoms with van der Waals surface area (Å²) in [6.07, 6.45) is 4.32. The van der Waals surface area contributed by atoms with Crippen molar-refractivity contribution in [1.29, 1.82) is 0 Å². The van der Waals surface area contributed by atoms with Crippen LogP contribution < -0.4 is 14.9 Å². The molecule has 1 fully saturated rings. The first-order valence-electron chi connectivity index (χ1n) is 11.2. The number of pyridine rings is 1. The molecule has 2 N–H and O–H groups in total. The van der Waals surface area contributed by atoms with E-state index < -0.39 is 22.0 Å². The molecule has 8 heteroatoms. The highest BCUT2D eigenvalue weighted by atomic mass is 32.2. The molecule has 7 nitrogen and oxygen atoms in total. The third-order valence-electron chi connectivity index (χ3n) is 5.78. The molecule has 1 aromatic carbocycles. The van der Waals surface area contributed by atoms with Crippen molar-refractivity contribution in [1.82, 2.24) is 9.71 Å². The highest BCUT2D eigenvalue weighted by molar-refractivity contribution is 7.89. The summed E-state index contributed by atoms with van der Waals surface area (Å²) in [5.41, 5.74) is 1.52. The number of benzene rings is 1. The lowest BCUT2D eigenvalue weighted by Gasteiger charge is -2.31. The fourth-order valence-corrected chi connectivity index (χ4v) is 4.98. The first kappa shape index (κ1) is 24.2. The summed E-state index contributed by atoms with van der Waals surface area (Å²) in [6, 6.07) is 9.41. The molecule has 0 aliphatic carbocycles. The normalized spacial score (nSPS) is 16.2. The summed E-state index contributed by atoms with van der Waals surface area (Å²) in [5.74, 6) is 1.38. The fourth-order valence-electron chi connectivity index (χ4n) is 3.77. The van der Waals surface area contributed by atoms with E-state index in [1.165, 1.54) is 0 Å². The van der Waals surface area contributed by atoms with Crippen LogP contribution in [-0.4, -0.2) is 38.4 Å². The minimum absolute atomic E-state index is 0.133. The van der Waals surface area contributed by atoms with E-state index >= 15 is 0 Å². The zero-order chi connectivity index (χ0) is 23.3. The molecule has 1 aliphatic rings. The number of sulfonamides is 1. The zero-order valence-corrected chi connectivity index (χ0v) is 20.2. The number of rotatable bonds is 8. The smallest absolute Gasteiger partial charge is 0.242 e. The number of anilines is 2. The topological polar surface area (TPSA) is 91.4 Å². The van der Waals surface area contributed by atoms with Crippen molar-refractivity contribution in [3.05, 3.63) is 48.2 Å². The maximum absolute atomic E-state index is 13.0. The SMILES string of the molecule is Cc1ccc(S(=O)(=O)N[C@@H](CC(C)C)C(=O)Nc2ccc(N3CCC(C)CC3)nc2)cc1. The minimum atomic E-state index is -3.82. The summed E-state index contributed by atoms with van der Waals surface area (Å²) >= 11 is 0. The van der Waals surface area contributed by atoms with Crippen LogP contribution in [0.25, 0.3) is 0 Å². The second-order valence-electron chi connectivity index (χ2n) is 9.18. The Bertz CT molecular complexity index is 997. The van der Waals surface area contributed by atoms with Crippen molar-refractivity contribution in [3.63, 3.8) is 0 Å². The van der Waals surface area contributed by atoms with Gasteiger partial charge in [0.1, 0.15) is 11.9 Å². The van der Waals surface area contributed by atoms with Gasteiger partial charge in [-0.25, -0.2) is 13.4 Å². The Balaban J connectivity index is 1.68. The van der Waals surface area contributed by atoms with Gasteiger partial charge in [0.15, 0.2) is 0 Å². The van der Waals surface area contributed by atoms with Crippen LogP contribution in [0.5, 0.6) is 0 Å². The van der Waals surface area contributed by atoms with Gasteiger partial charge in [-0.1, -0.05) is 38.5 Å². The molecule has 2 heterocycles. The van der Waals surface area contributed by atoms with Gasteiger partial charge in [0, 0.05) is 13.1 Å². The highest BCUT2D eigenvalue weighted by Crippen LogP contribution is 2.22. The number of carbonyl (C=O) groups excluding carboxylic acids is 1. The first-order valence-corrected chi connectivity index (χ1v) is 12.7. The number of amides is 1. The van der Waals surface area contributed by atoms with E-state index in [1.54, 1.807) is 30.5 Å². The van der Waals surface area contributed by atoms with Crippen LogP contribution >= 0.6 is 0 Å². The van der Waals surface area contributed by atoms with Crippen molar-refractivity contribution in [2.24, 2.45) is 11.8 Å². The van der Waals surface area contributed by atoms with Crippen LogP contribution in [-0.2, 0) is 14.8 Å². The van der Waals surface area contributed by atoms with Crippen molar-refractivity contribution in [3.8, 4) is 0 Å². The van der Waals surface area contributed by atoms with Gasteiger partial charge in [-0.15, -0.1) is 0 Å². The average Bonchev–Trinajstić information content (AvgIpc) is 2.74. The standard InChI is InChI=1S/C24H34N4O3S/c1-17(2)15-22(27-32(30,31)21-8-5-18(3)6-9-21)24(29)26-20-7-10-23(25-16-20)28-13-11-19(4)12-14-28/h5-10,16-17,19,22,27H,11-15H2,1-4H3,(H,26,29)/t22-/m0/s1. The Morgan fingerprint density at radius 2 is 1.78 bits per heavy atom. The number of hydrogen-bond donors (Lipinski definition) is 2. The Morgan fingerprint density at radius 3 is 2.34 bits per heavy atom. The number of nitrogens with one attached hydrogen (secondary N) is 2. The molecule has 0 radical (unpaired) electrons. The summed E-state index contributed by atoms with van der Waals surface area (Å²) in [6.45, 7) is 10.0. The van der Waals surface area contributed by atoms with Crippen LogP contribution in [0.2, 0.25) is 0 Å². The number of nitrogens with zero attached hydrogens (tertiary/aromatic N) is 2. The van der Waals surface area contributed by atoms with Crippen LogP contribution in [0.1, 0.15) is 45.6 Å². The molecular formula is C24H34N4O3S. The lowest BCUT2D eigenvalue weighted by atomic mass is 9.99.